The molecule has 0 atom stereocenters. The number of aromatic nitrogens is 1. The predicted molar refractivity (Wildman–Crippen MR) is 107 cm³/mol. The second-order valence-electron chi connectivity index (χ2n) is 6.26. The minimum atomic E-state index is -3.30. The number of pyridine rings is 1. The molecule has 1 aromatic carbocycles. The van der Waals surface area contributed by atoms with E-state index < -0.39 is 21.6 Å². The SMILES string of the molecule is CCc1c(CC(=O)O)c2cc(Cl)c(F)cn2c1Sc1ccc(S(C)(=O)=O)cc1. The Morgan fingerprint density at radius 2 is 1.89 bits per heavy atom. The number of rotatable bonds is 6. The van der Waals surface area contributed by atoms with Gasteiger partial charge in [-0.2, -0.15) is 0 Å². The van der Waals surface area contributed by atoms with Crippen molar-refractivity contribution < 1.29 is 22.7 Å². The molecule has 0 saturated heterocycles. The van der Waals surface area contributed by atoms with E-state index in [0.717, 1.165) is 16.7 Å². The number of benzene rings is 1. The van der Waals surface area contributed by atoms with Gasteiger partial charge in [0.25, 0.3) is 0 Å². The molecule has 0 spiro atoms. The van der Waals surface area contributed by atoms with Gasteiger partial charge in [0.05, 0.1) is 26.9 Å². The van der Waals surface area contributed by atoms with Crippen LogP contribution in [-0.4, -0.2) is 30.2 Å². The summed E-state index contributed by atoms with van der Waals surface area (Å²) in [4.78, 5) is 12.3. The predicted octanol–water partition coefficient (Wildman–Crippen LogP) is 4.48. The molecule has 0 bridgehead atoms. The molecule has 5 nitrogen and oxygen atoms in total. The third-order valence-corrected chi connectivity index (χ3v) is 6.85. The van der Waals surface area contributed by atoms with Gasteiger partial charge >= 0.3 is 5.97 Å². The molecule has 2 heterocycles. The first-order chi connectivity index (χ1) is 13.1. The summed E-state index contributed by atoms with van der Waals surface area (Å²) in [6, 6.07) is 7.79. The second kappa shape index (κ2) is 7.77. The molecule has 148 valence electrons. The van der Waals surface area contributed by atoms with Crippen LogP contribution < -0.4 is 0 Å². The molecule has 28 heavy (non-hydrogen) atoms. The number of hydrogen-bond acceptors (Lipinski definition) is 4. The number of aliphatic carboxylic acids is 1. The van der Waals surface area contributed by atoms with Crippen LogP contribution >= 0.6 is 23.4 Å². The van der Waals surface area contributed by atoms with Crippen LogP contribution in [0, 0.1) is 5.82 Å². The van der Waals surface area contributed by atoms with Crippen LogP contribution in [0.3, 0.4) is 0 Å². The molecule has 9 heteroatoms. The first kappa shape index (κ1) is 20.7. The maximum atomic E-state index is 14.1. The van der Waals surface area contributed by atoms with Crippen LogP contribution in [0.25, 0.3) is 5.52 Å². The molecule has 0 aliphatic heterocycles. The van der Waals surface area contributed by atoms with Crippen molar-refractivity contribution >= 4 is 44.7 Å². The molecule has 0 amide bonds. The quantitative estimate of drug-likeness (QED) is 0.610. The number of sulfone groups is 1. The van der Waals surface area contributed by atoms with E-state index in [1.807, 2.05) is 6.92 Å². The molecular formula is C19H17ClFNO4S2. The normalized spacial score (nSPS) is 11.9. The van der Waals surface area contributed by atoms with Gasteiger partial charge in [-0.05, 0) is 47.9 Å². The Hall–Kier alpha value is -2.03. The van der Waals surface area contributed by atoms with Gasteiger partial charge < -0.3 is 9.51 Å². The lowest BCUT2D eigenvalue weighted by atomic mass is 10.1. The summed E-state index contributed by atoms with van der Waals surface area (Å²) in [5.74, 6) is -1.60. The first-order valence-corrected chi connectivity index (χ1v) is 11.4. The van der Waals surface area contributed by atoms with Crippen LogP contribution in [0.1, 0.15) is 18.1 Å². The average Bonchev–Trinajstić information content (AvgIpc) is 2.87. The fourth-order valence-electron chi connectivity index (χ4n) is 3.02. The Balaban J connectivity index is 2.16. The molecule has 1 N–H and O–H groups in total. The summed E-state index contributed by atoms with van der Waals surface area (Å²) < 4.78 is 39.0. The van der Waals surface area contributed by atoms with Crippen molar-refractivity contribution in [3.8, 4) is 0 Å². The molecule has 3 rings (SSSR count). The molecule has 0 aliphatic rings. The third kappa shape index (κ3) is 4.04. The van der Waals surface area contributed by atoms with E-state index in [9.17, 15) is 22.7 Å². The maximum absolute atomic E-state index is 14.1. The van der Waals surface area contributed by atoms with Gasteiger partial charge in [0.15, 0.2) is 15.7 Å². The molecule has 0 saturated carbocycles. The fraction of sp³-hybridized carbons (Fsp3) is 0.211. The first-order valence-electron chi connectivity index (χ1n) is 8.32. The average molecular weight is 442 g/mol. The van der Waals surface area contributed by atoms with Crippen molar-refractivity contribution in [3.05, 3.63) is 58.5 Å². The molecule has 0 fully saturated rings. The smallest absolute Gasteiger partial charge is 0.307 e. The zero-order valence-corrected chi connectivity index (χ0v) is 17.5. The Bertz CT molecular complexity index is 1170. The Morgan fingerprint density at radius 3 is 2.43 bits per heavy atom. The Labute approximate surface area is 171 Å². The van der Waals surface area contributed by atoms with E-state index in [1.54, 1.807) is 16.5 Å². The van der Waals surface area contributed by atoms with Crippen LogP contribution in [0.5, 0.6) is 0 Å². The summed E-state index contributed by atoms with van der Waals surface area (Å²) in [6.07, 6.45) is 2.72. The van der Waals surface area contributed by atoms with Gasteiger partial charge in [0, 0.05) is 17.3 Å². The van der Waals surface area contributed by atoms with Gasteiger partial charge in [-0.25, -0.2) is 12.8 Å². The largest absolute Gasteiger partial charge is 0.481 e. The highest BCUT2D eigenvalue weighted by Gasteiger charge is 2.21. The number of carboxylic acids is 1. The Kier molecular flexibility index (Phi) is 5.74. The molecule has 0 aliphatic carbocycles. The zero-order chi connectivity index (χ0) is 20.6. The molecule has 2 aromatic heterocycles. The van der Waals surface area contributed by atoms with Gasteiger partial charge in [-0.1, -0.05) is 30.3 Å². The van der Waals surface area contributed by atoms with Gasteiger partial charge in [-0.3, -0.25) is 4.79 Å². The lowest BCUT2D eigenvalue weighted by Gasteiger charge is -2.07. The van der Waals surface area contributed by atoms with Crippen molar-refractivity contribution in [2.45, 2.75) is 34.6 Å². The maximum Gasteiger partial charge on any atom is 0.307 e. The summed E-state index contributed by atoms with van der Waals surface area (Å²) in [5.41, 5.74) is 1.93. The van der Waals surface area contributed by atoms with Crippen LogP contribution in [0.2, 0.25) is 5.02 Å². The molecular weight excluding hydrogens is 425 g/mol. The fourth-order valence-corrected chi connectivity index (χ4v) is 4.94. The van der Waals surface area contributed by atoms with E-state index in [4.69, 9.17) is 11.6 Å². The van der Waals surface area contributed by atoms with Crippen molar-refractivity contribution in [2.75, 3.05) is 6.26 Å². The van der Waals surface area contributed by atoms with E-state index in [0.29, 0.717) is 22.5 Å². The van der Waals surface area contributed by atoms with Crippen molar-refractivity contribution in [3.63, 3.8) is 0 Å². The zero-order valence-electron chi connectivity index (χ0n) is 15.1. The number of fused-ring (bicyclic) bond motifs is 1. The molecule has 0 radical (unpaired) electrons. The minimum absolute atomic E-state index is 0.0756. The highest BCUT2D eigenvalue weighted by Crippen LogP contribution is 2.38. The number of carboxylic acid groups (broad SMARTS) is 1. The van der Waals surface area contributed by atoms with E-state index >= 15 is 0 Å². The van der Waals surface area contributed by atoms with Crippen LogP contribution in [0.4, 0.5) is 4.39 Å². The summed E-state index contributed by atoms with van der Waals surface area (Å²) >= 11 is 7.24. The number of halogens is 2. The summed E-state index contributed by atoms with van der Waals surface area (Å²) in [5, 5.41) is 9.90. The van der Waals surface area contributed by atoms with E-state index in [2.05, 4.69) is 0 Å². The van der Waals surface area contributed by atoms with E-state index in [-0.39, 0.29) is 16.3 Å². The lowest BCUT2D eigenvalue weighted by molar-refractivity contribution is -0.136. The standard InChI is InChI=1S/C19H17ClFNO4S2/c1-3-13-14(8-18(23)24)17-9-15(20)16(21)10-22(17)19(13)27-11-4-6-12(7-5-11)28(2,25)26/h4-7,9-10H,3,8H2,1-2H3,(H,23,24). The minimum Gasteiger partial charge on any atom is -0.481 e. The highest BCUT2D eigenvalue weighted by molar-refractivity contribution is 7.99. The topological polar surface area (TPSA) is 75.8 Å². The molecule has 0 unspecified atom stereocenters. The second-order valence-corrected chi connectivity index (χ2v) is 9.74. The third-order valence-electron chi connectivity index (χ3n) is 4.29. The van der Waals surface area contributed by atoms with Gasteiger partial charge in [0.2, 0.25) is 0 Å². The Morgan fingerprint density at radius 1 is 1.25 bits per heavy atom. The van der Waals surface area contributed by atoms with Crippen molar-refractivity contribution in [2.24, 2.45) is 0 Å². The van der Waals surface area contributed by atoms with Crippen LogP contribution in [-0.2, 0) is 27.5 Å². The highest BCUT2D eigenvalue weighted by atomic mass is 35.5. The van der Waals surface area contributed by atoms with Crippen molar-refractivity contribution in [1.29, 1.82) is 0 Å². The summed E-state index contributed by atoms with van der Waals surface area (Å²) in [7, 11) is -3.30. The monoisotopic (exact) mass is 441 g/mol. The van der Waals surface area contributed by atoms with Gasteiger partial charge in [0.1, 0.15) is 0 Å². The van der Waals surface area contributed by atoms with E-state index in [1.165, 1.54) is 36.2 Å². The lowest BCUT2D eigenvalue weighted by Crippen LogP contribution is -2.02. The van der Waals surface area contributed by atoms with Gasteiger partial charge in [-0.15, -0.1) is 0 Å². The number of nitrogens with zero attached hydrogens (tertiary/aromatic N) is 1. The van der Waals surface area contributed by atoms with Crippen LogP contribution in [0.15, 0.2) is 51.3 Å². The summed E-state index contributed by atoms with van der Waals surface area (Å²) in [6.45, 7) is 1.90. The van der Waals surface area contributed by atoms with Crippen molar-refractivity contribution in [1.82, 2.24) is 4.40 Å². The number of carbonyl (C=O) groups is 1. The number of hydrogen-bond donors (Lipinski definition) is 1. The molecule has 3 aromatic rings.